The molecule has 0 unspecified atom stereocenters. The van der Waals surface area contributed by atoms with Crippen LogP contribution in [-0.2, 0) is 14.3 Å². The van der Waals surface area contributed by atoms with E-state index in [2.05, 4.69) is 13.8 Å². The van der Waals surface area contributed by atoms with Crippen molar-refractivity contribution in [1.82, 2.24) is 0 Å². The molecule has 0 bridgehead atoms. The summed E-state index contributed by atoms with van der Waals surface area (Å²) >= 11 is 0. The third-order valence-electron chi connectivity index (χ3n) is 9.80. The maximum absolute atomic E-state index is 12.1. The fourth-order valence-electron chi connectivity index (χ4n) is 8.20. The van der Waals surface area contributed by atoms with Crippen molar-refractivity contribution in [3.8, 4) is 0 Å². The van der Waals surface area contributed by atoms with Crippen molar-refractivity contribution in [2.24, 2.45) is 34.5 Å². The van der Waals surface area contributed by atoms with E-state index in [1.165, 1.54) is 0 Å². The molecule has 0 spiro atoms. The Labute approximate surface area is 161 Å². The Morgan fingerprint density at radius 1 is 1.04 bits per heavy atom. The summed E-state index contributed by atoms with van der Waals surface area (Å²) in [5, 5.41) is 12.1. The average molecular weight is 373 g/mol. The van der Waals surface area contributed by atoms with Crippen molar-refractivity contribution < 1.29 is 19.4 Å². The quantitative estimate of drug-likeness (QED) is 0.711. The second-order valence-electron chi connectivity index (χ2n) is 10.5. The minimum Gasteiger partial charge on any atom is -0.458 e. The highest BCUT2D eigenvalue weighted by Crippen LogP contribution is 2.69. The zero-order valence-electron chi connectivity index (χ0n) is 16.6. The monoisotopic (exact) mass is 372 g/mol. The number of hydrogen-bond donors (Lipinski definition) is 1. The van der Waals surface area contributed by atoms with Gasteiger partial charge in [-0.1, -0.05) is 13.8 Å². The Balaban J connectivity index is 1.48. The third-order valence-corrected chi connectivity index (χ3v) is 9.80. The molecule has 4 heteroatoms. The van der Waals surface area contributed by atoms with E-state index in [0.717, 1.165) is 63.4 Å². The van der Waals surface area contributed by atoms with E-state index in [1.54, 1.807) is 6.08 Å². The molecule has 0 aromatic rings. The first kappa shape index (κ1) is 17.9. The van der Waals surface area contributed by atoms with Crippen LogP contribution in [0.4, 0.5) is 0 Å². The van der Waals surface area contributed by atoms with E-state index in [1.807, 2.05) is 0 Å². The Kier molecular flexibility index (Phi) is 3.77. The van der Waals surface area contributed by atoms with Gasteiger partial charge in [0.15, 0.2) is 0 Å². The number of aliphatic hydroxyl groups is 1. The SMILES string of the molecule is C[C@]12CCC(=O)C[C@H]1CC[C@@H]1[C@@H]2CC[C@]2(C)[C@@H](C3=CC(=O)OC3)CC[C@]12O. The van der Waals surface area contributed by atoms with Gasteiger partial charge in [-0.3, -0.25) is 4.79 Å². The van der Waals surface area contributed by atoms with Crippen LogP contribution >= 0.6 is 0 Å². The van der Waals surface area contributed by atoms with Crippen molar-refractivity contribution in [3.05, 3.63) is 11.6 Å². The molecule has 5 rings (SSSR count). The number of cyclic esters (lactones) is 1. The van der Waals surface area contributed by atoms with E-state index in [9.17, 15) is 14.7 Å². The summed E-state index contributed by atoms with van der Waals surface area (Å²) in [6.07, 6.45) is 10.2. The number of ether oxygens (including phenoxy) is 1. The van der Waals surface area contributed by atoms with Crippen LogP contribution in [-0.4, -0.2) is 29.1 Å². The minimum atomic E-state index is -0.650. The van der Waals surface area contributed by atoms with Gasteiger partial charge in [0.1, 0.15) is 12.4 Å². The summed E-state index contributed by atoms with van der Waals surface area (Å²) in [4.78, 5) is 23.7. The van der Waals surface area contributed by atoms with Gasteiger partial charge in [0, 0.05) is 24.3 Å². The van der Waals surface area contributed by atoms with Gasteiger partial charge >= 0.3 is 5.97 Å². The molecule has 4 nitrogen and oxygen atoms in total. The van der Waals surface area contributed by atoms with Crippen LogP contribution in [0, 0.1) is 34.5 Å². The highest BCUT2D eigenvalue weighted by Gasteiger charge is 2.67. The molecule has 148 valence electrons. The molecule has 0 amide bonds. The zero-order valence-corrected chi connectivity index (χ0v) is 16.6. The first-order chi connectivity index (χ1) is 12.8. The van der Waals surface area contributed by atoms with E-state index in [4.69, 9.17) is 4.74 Å². The molecule has 0 aromatic heterocycles. The molecular formula is C23H32O4. The lowest BCUT2D eigenvalue weighted by Gasteiger charge is -2.63. The fourth-order valence-corrected chi connectivity index (χ4v) is 8.20. The van der Waals surface area contributed by atoms with Gasteiger partial charge in [-0.15, -0.1) is 0 Å². The lowest BCUT2D eigenvalue weighted by molar-refractivity contribution is -0.203. The number of Topliss-reactive ketones (excluding diaryl/α,β-unsaturated/α-hetero) is 1. The summed E-state index contributed by atoms with van der Waals surface area (Å²) < 4.78 is 5.19. The lowest BCUT2D eigenvalue weighted by Crippen LogP contribution is -2.62. The molecule has 27 heavy (non-hydrogen) atoms. The van der Waals surface area contributed by atoms with Crippen molar-refractivity contribution >= 4 is 11.8 Å². The number of carbonyl (C=O) groups is 2. The van der Waals surface area contributed by atoms with E-state index in [0.29, 0.717) is 30.1 Å². The predicted molar refractivity (Wildman–Crippen MR) is 101 cm³/mol. The molecule has 1 heterocycles. The standard InChI is InChI=1S/C23H32O4/c1-21-8-5-16(24)12-15(21)3-4-19-18(21)6-9-22(2)17(7-10-23(19,22)26)14-11-20(25)27-13-14/h11,15,17-19,26H,3-10,12-13H2,1-2H3/t15-,17-,18+,19-,21+,22-,23+/m1/s1. The number of ketones is 1. The van der Waals surface area contributed by atoms with Gasteiger partial charge in [0.05, 0.1) is 5.60 Å². The molecule has 4 saturated carbocycles. The molecule has 1 aliphatic heterocycles. The fraction of sp³-hybridized carbons (Fsp3) is 0.826. The number of fused-ring (bicyclic) bond motifs is 5. The smallest absolute Gasteiger partial charge is 0.331 e. The maximum atomic E-state index is 12.1. The molecular weight excluding hydrogens is 340 g/mol. The molecule has 0 aromatic carbocycles. The zero-order chi connectivity index (χ0) is 19.0. The van der Waals surface area contributed by atoms with Crippen LogP contribution < -0.4 is 0 Å². The summed E-state index contributed by atoms with van der Waals surface area (Å²) in [5.74, 6) is 1.83. The predicted octanol–water partition coefficient (Wildman–Crippen LogP) is 3.81. The van der Waals surface area contributed by atoms with Crippen LogP contribution in [0.3, 0.4) is 0 Å². The van der Waals surface area contributed by atoms with E-state index in [-0.39, 0.29) is 22.7 Å². The Morgan fingerprint density at radius 3 is 2.59 bits per heavy atom. The second-order valence-corrected chi connectivity index (χ2v) is 10.5. The van der Waals surface area contributed by atoms with Crippen molar-refractivity contribution in [2.45, 2.75) is 77.2 Å². The van der Waals surface area contributed by atoms with Gasteiger partial charge in [-0.25, -0.2) is 4.79 Å². The van der Waals surface area contributed by atoms with Crippen LogP contribution in [0.25, 0.3) is 0 Å². The van der Waals surface area contributed by atoms with E-state index >= 15 is 0 Å². The van der Waals surface area contributed by atoms with Crippen molar-refractivity contribution in [2.75, 3.05) is 6.61 Å². The van der Waals surface area contributed by atoms with Crippen LogP contribution in [0.5, 0.6) is 0 Å². The van der Waals surface area contributed by atoms with Crippen molar-refractivity contribution in [1.29, 1.82) is 0 Å². The van der Waals surface area contributed by atoms with E-state index < -0.39 is 5.60 Å². The van der Waals surface area contributed by atoms with Crippen LogP contribution in [0.1, 0.15) is 71.6 Å². The molecule has 0 radical (unpaired) electrons. The van der Waals surface area contributed by atoms with Crippen LogP contribution in [0.2, 0.25) is 0 Å². The lowest BCUT2D eigenvalue weighted by atomic mass is 9.43. The highest BCUT2D eigenvalue weighted by atomic mass is 16.5. The second kappa shape index (κ2) is 5.68. The number of hydrogen-bond acceptors (Lipinski definition) is 4. The number of esters is 1. The van der Waals surface area contributed by atoms with Crippen LogP contribution in [0.15, 0.2) is 11.6 Å². The Bertz CT molecular complexity index is 726. The molecule has 1 N–H and O–H groups in total. The first-order valence-corrected chi connectivity index (χ1v) is 10.9. The van der Waals surface area contributed by atoms with Gasteiger partial charge in [0.2, 0.25) is 0 Å². The van der Waals surface area contributed by atoms with Gasteiger partial charge in [-0.2, -0.15) is 0 Å². The molecule has 4 aliphatic carbocycles. The van der Waals surface area contributed by atoms with Crippen molar-refractivity contribution in [3.63, 3.8) is 0 Å². The maximum Gasteiger partial charge on any atom is 0.331 e. The minimum absolute atomic E-state index is 0.165. The largest absolute Gasteiger partial charge is 0.458 e. The summed E-state index contributed by atoms with van der Waals surface area (Å²) in [5.41, 5.74) is 0.488. The topological polar surface area (TPSA) is 63.6 Å². The normalized spacial score (nSPS) is 51.9. The highest BCUT2D eigenvalue weighted by molar-refractivity contribution is 5.85. The Morgan fingerprint density at radius 2 is 1.85 bits per heavy atom. The number of carbonyl (C=O) groups excluding carboxylic acids is 2. The molecule has 4 fully saturated rings. The molecule has 5 aliphatic rings. The number of rotatable bonds is 1. The van der Waals surface area contributed by atoms with Gasteiger partial charge in [-0.05, 0) is 79.6 Å². The average Bonchev–Trinajstić information content (AvgIpc) is 3.16. The Hall–Kier alpha value is -1.16. The first-order valence-electron chi connectivity index (χ1n) is 10.9. The summed E-state index contributed by atoms with van der Waals surface area (Å²) in [6, 6.07) is 0. The summed E-state index contributed by atoms with van der Waals surface area (Å²) in [6.45, 7) is 5.08. The molecule has 7 atom stereocenters. The summed E-state index contributed by atoms with van der Waals surface area (Å²) in [7, 11) is 0. The molecule has 0 saturated heterocycles. The van der Waals surface area contributed by atoms with Gasteiger partial charge < -0.3 is 9.84 Å². The third kappa shape index (κ3) is 2.25. The van der Waals surface area contributed by atoms with Gasteiger partial charge in [0.25, 0.3) is 0 Å².